The van der Waals surface area contributed by atoms with Crippen molar-refractivity contribution in [3.63, 3.8) is 0 Å². The first-order valence-electron chi connectivity index (χ1n) is 9.26. The minimum Gasteiger partial charge on any atom is -0.295 e. The van der Waals surface area contributed by atoms with Crippen LogP contribution in [0.5, 0.6) is 0 Å². The van der Waals surface area contributed by atoms with Crippen LogP contribution in [-0.2, 0) is 13.0 Å². The van der Waals surface area contributed by atoms with Gasteiger partial charge in [0.1, 0.15) is 11.5 Å². The molecule has 1 atom stereocenters. The van der Waals surface area contributed by atoms with E-state index in [2.05, 4.69) is 27.8 Å². The normalized spacial score (nSPS) is 15.0. The van der Waals surface area contributed by atoms with E-state index in [0.717, 1.165) is 11.4 Å². The van der Waals surface area contributed by atoms with E-state index in [-0.39, 0.29) is 11.6 Å². The van der Waals surface area contributed by atoms with E-state index in [1.165, 1.54) is 0 Å². The maximum Gasteiger partial charge on any atom is 0.261 e. The third kappa shape index (κ3) is 3.51. The second-order valence-electron chi connectivity index (χ2n) is 6.77. The average Bonchev–Trinajstić information content (AvgIpc) is 2.95. The Morgan fingerprint density at radius 1 is 1.14 bits per heavy atom. The zero-order valence-corrected chi connectivity index (χ0v) is 15.6. The molecule has 1 aliphatic heterocycles. The van der Waals surface area contributed by atoms with Crippen molar-refractivity contribution in [2.75, 3.05) is 13.1 Å². The molecule has 0 amide bonds. The summed E-state index contributed by atoms with van der Waals surface area (Å²) in [6.45, 7) is 3.81. The predicted molar refractivity (Wildman–Crippen MR) is 107 cm³/mol. The van der Waals surface area contributed by atoms with Crippen LogP contribution in [0.15, 0.2) is 47.4 Å². The lowest BCUT2D eigenvalue weighted by Gasteiger charge is -2.21. The smallest absolute Gasteiger partial charge is 0.261 e. The number of aromatic nitrogens is 3. The fraction of sp³-hybridized carbons (Fsp3) is 0.273. The van der Waals surface area contributed by atoms with Gasteiger partial charge in [-0.25, -0.2) is 9.97 Å². The molecule has 6 nitrogen and oxygen atoms in total. The van der Waals surface area contributed by atoms with Gasteiger partial charge in [-0.15, -0.1) is 0 Å². The second kappa shape index (κ2) is 7.64. The monoisotopic (exact) mass is 369 g/mol. The van der Waals surface area contributed by atoms with Crippen LogP contribution in [0.2, 0.25) is 0 Å². The van der Waals surface area contributed by atoms with Crippen LogP contribution in [0.25, 0.3) is 10.9 Å². The van der Waals surface area contributed by atoms with Gasteiger partial charge in [-0.05, 0) is 43.2 Å². The highest BCUT2D eigenvalue weighted by atomic mass is 16.1. The Morgan fingerprint density at radius 2 is 2.04 bits per heavy atom. The summed E-state index contributed by atoms with van der Waals surface area (Å²) in [7, 11) is 0. The molecule has 138 valence electrons. The lowest BCUT2D eigenvalue weighted by atomic mass is 10.1. The van der Waals surface area contributed by atoms with Gasteiger partial charge in [-0.2, -0.15) is 5.26 Å². The molecule has 1 aromatic carbocycles. The van der Waals surface area contributed by atoms with Crippen molar-refractivity contribution in [3.8, 4) is 17.9 Å². The summed E-state index contributed by atoms with van der Waals surface area (Å²) in [5, 5.41) is 9.77. The quantitative estimate of drug-likeness (QED) is 0.613. The largest absolute Gasteiger partial charge is 0.295 e. The van der Waals surface area contributed by atoms with Crippen LogP contribution in [0.3, 0.4) is 0 Å². The van der Waals surface area contributed by atoms with Gasteiger partial charge in [0.05, 0.1) is 23.0 Å². The van der Waals surface area contributed by atoms with E-state index in [9.17, 15) is 10.1 Å². The minimum atomic E-state index is -0.173. The van der Waals surface area contributed by atoms with E-state index >= 15 is 0 Å². The molecule has 3 aromatic rings. The van der Waals surface area contributed by atoms with Crippen LogP contribution in [0.1, 0.15) is 24.0 Å². The van der Waals surface area contributed by atoms with Crippen LogP contribution >= 0.6 is 0 Å². The molecule has 0 radical (unpaired) electrons. The number of nitrogens with zero attached hydrogens (tertiary/aromatic N) is 5. The molecule has 28 heavy (non-hydrogen) atoms. The Labute approximate surface area is 163 Å². The molecular weight excluding hydrogens is 350 g/mol. The van der Waals surface area contributed by atoms with E-state index < -0.39 is 0 Å². The molecule has 4 rings (SSSR count). The molecule has 2 aromatic heterocycles. The van der Waals surface area contributed by atoms with Crippen molar-refractivity contribution in [1.82, 2.24) is 19.4 Å². The second-order valence-corrected chi connectivity index (χ2v) is 6.77. The molecule has 1 aliphatic rings. The lowest BCUT2D eigenvalue weighted by molar-refractivity contribution is 0.251. The zero-order chi connectivity index (χ0) is 19.5. The fourth-order valence-corrected chi connectivity index (χ4v) is 3.39. The highest BCUT2D eigenvalue weighted by Crippen LogP contribution is 2.14. The van der Waals surface area contributed by atoms with Gasteiger partial charge in [-0.1, -0.05) is 12.0 Å². The molecule has 0 fully saturated rings. The molecule has 0 aliphatic carbocycles. The van der Waals surface area contributed by atoms with Gasteiger partial charge in [-0.3, -0.25) is 14.3 Å². The predicted octanol–water partition coefficient (Wildman–Crippen LogP) is 1.96. The maximum absolute atomic E-state index is 13.0. The number of hydrogen-bond donors (Lipinski definition) is 0. The molecule has 0 N–H and O–H groups in total. The molecule has 6 heteroatoms. The third-order valence-corrected chi connectivity index (χ3v) is 5.00. The first-order chi connectivity index (χ1) is 13.7. The third-order valence-electron chi connectivity index (χ3n) is 5.00. The molecule has 0 saturated heterocycles. The topological polar surface area (TPSA) is 74.8 Å². The average molecular weight is 369 g/mol. The van der Waals surface area contributed by atoms with Crippen LogP contribution in [0, 0.1) is 23.2 Å². The first-order valence-corrected chi connectivity index (χ1v) is 9.26. The van der Waals surface area contributed by atoms with Gasteiger partial charge in [0.15, 0.2) is 0 Å². The lowest BCUT2D eigenvalue weighted by Crippen LogP contribution is -2.35. The summed E-state index contributed by atoms with van der Waals surface area (Å²) in [4.78, 5) is 24.0. The van der Waals surface area contributed by atoms with Crippen molar-refractivity contribution in [1.29, 1.82) is 5.26 Å². The van der Waals surface area contributed by atoms with Gasteiger partial charge >= 0.3 is 0 Å². The van der Waals surface area contributed by atoms with Gasteiger partial charge < -0.3 is 0 Å². The maximum atomic E-state index is 13.0. The standard InChI is InChI=1S/C22H19N5O/c1-16(15-23)26-11-9-21-25-20-14-17(5-7-18-4-2-3-10-24-18)6-8-19(20)22(28)27(21)13-12-26/h2-4,6,8,10,14,16H,9,11-13H2,1H3. The number of hydrogen-bond acceptors (Lipinski definition) is 5. The first kappa shape index (κ1) is 17.9. The molecule has 0 bridgehead atoms. The molecule has 1 unspecified atom stereocenters. The number of nitriles is 1. The molecule has 0 spiro atoms. The van der Waals surface area contributed by atoms with E-state index in [1.807, 2.05) is 37.3 Å². The Balaban J connectivity index is 1.70. The van der Waals surface area contributed by atoms with Crippen LogP contribution in [0.4, 0.5) is 0 Å². The summed E-state index contributed by atoms with van der Waals surface area (Å²) in [6.07, 6.45) is 2.35. The zero-order valence-electron chi connectivity index (χ0n) is 15.6. The van der Waals surface area contributed by atoms with Crippen molar-refractivity contribution in [2.45, 2.75) is 25.9 Å². The van der Waals surface area contributed by atoms with Gasteiger partial charge in [0.25, 0.3) is 5.56 Å². The summed E-state index contributed by atoms with van der Waals surface area (Å²) in [5.41, 5.74) is 2.12. The van der Waals surface area contributed by atoms with Crippen LogP contribution in [-0.4, -0.2) is 38.6 Å². The van der Waals surface area contributed by atoms with E-state index in [4.69, 9.17) is 4.98 Å². The van der Waals surface area contributed by atoms with Gasteiger partial charge in [0.2, 0.25) is 0 Å². The number of benzene rings is 1. The number of rotatable bonds is 1. The molecule has 0 saturated carbocycles. The highest BCUT2D eigenvalue weighted by Gasteiger charge is 2.20. The number of fused-ring (bicyclic) bond motifs is 2. The van der Waals surface area contributed by atoms with Crippen molar-refractivity contribution >= 4 is 10.9 Å². The molecule has 3 heterocycles. The summed E-state index contributed by atoms with van der Waals surface area (Å²) < 4.78 is 1.74. The van der Waals surface area contributed by atoms with E-state index in [0.29, 0.717) is 42.7 Å². The minimum absolute atomic E-state index is 0.0318. The Morgan fingerprint density at radius 3 is 2.82 bits per heavy atom. The molecular formula is C22H19N5O. The highest BCUT2D eigenvalue weighted by molar-refractivity contribution is 5.79. The Kier molecular flexibility index (Phi) is 4.89. The van der Waals surface area contributed by atoms with Crippen molar-refractivity contribution in [2.24, 2.45) is 0 Å². The van der Waals surface area contributed by atoms with Crippen molar-refractivity contribution in [3.05, 3.63) is 70.0 Å². The van der Waals surface area contributed by atoms with Crippen LogP contribution < -0.4 is 5.56 Å². The van der Waals surface area contributed by atoms with Crippen molar-refractivity contribution < 1.29 is 0 Å². The Bertz CT molecular complexity index is 1180. The number of pyridine rings is 1. The Hall–Kier alpha value is -3.48. The van der Waals surface area contributed by atoms with E-state index in [1.54, 1.807) is 16.8 Å². The van der Waals surface area contributed by atoms with Gasteiger partial charge in [0, 0.05) is 37.8 Å². The summed E-state index contributed by atoms with van der Waals surface area (Å²) >= 11 is 0. The SMILES string of the molecule is CC(C#N)N1CCc2nc3cc(C#Cc4ccccn4)ccc3c(=O)n2CC1. The summed E-state index contributed by atoms with van der Waals surface area (Å²) in [5.74, 6) is 6.88. The fourth-order valence-electron chi connectivity index (χ4n) is 3.39. The summed E-state index contributed by atoms with van der Waals surface area (Å²) in [6, 6.07) is 13.2.